The van der Waals surface area contributed by atoms with Gasteiger partial charge in [-0.25, -0.2) is 0 Å². The normalized spacial score (nSPS) is 14.1. The van der Waals surface area contributed by atoms with Crippen molar-refractivity contribution in [1.82, 2.24) is 4.90 Å². The Kier molecular flexibility index (Phi) is 6.90. The maximum absolute atomic E-state index is 12.6. The van der Waals surface area contributed by atoms with Crippen molar-refractivity contribution in [1.29, 1.82) is 0 Å². The average molecular weight is 256 g/mol. The third-order valence-electron chi connectivity index (χ3n) is 3.43. The lowest BCUT2D eigenvalue weighted by atomic mass is 9.86. The van der Waals surface area contributed by atoms with Crippen molar-refractivity contribution in [2.45, 2.75) is 73.4 Å². The van der Waals surface area contributed by atoms with Gasteiger partial charge in [0.2, 0.25) is 5.91 Å². The van der Waals surface area contributed by atoms with Crippen molar-refractivity contribution in [3.05, 3.63) is 0 Å². The topological polar surface area (TPSA) is 46.3 Å². The van der Waals surface area contributed by atoms with Gasteiger partial charge in [0.15, 0.2) is 0 Å². The Labute approximate surface area is 113 Å². The predicted molar refractivity (Wildman–Crippen MR) is 78.4 cm³/mol. The van der Waals surface area contributed by atoms with Crippen LogP contribution in [0, 0.1) is 11.3 Å². The fraction of sp³-hybridized carbons (Fsp3) is 0.933. The van der Waals surface area contributed by atoms with Gasteiger partial charge in [-0.2, -0.15) is 0 Å². The maximum Gasteiger partial charge on any atom is 0.240 e. The molecule has 0 spiro atoms. The van der Waals surface area contributed by atoms with E-state index >= 15 is 0 Å². The molecule has 0 aromatic heterocycles. The summed E-state index contributed by atoms with van der Waals surface area (Å²) in [7, 11) is 0. The Bertz CT molecular complexity index is 252. The highest BCUT2D eigenvalue weighted by Gasteiger charge is 2.33. The summed E-state index contributed by atoms with van der Waals surface area (Å²) >= 11 is 0. The SMILES string of the molecule is CCC(CC)N(CC(C)C)C(=O)[C@H](N)C(C)(C)C. The lowest BCUT2D eigenvalue weighted by Crippen LogP contribution is -2.54. The Morgan fingerprint density at radius 3 is 1.89 bits per heavy atom. The van der Waals surface area contributed by atoms with Crippen LogP contribution in [0.1, 0.15) is 61.3 Å². The summed E-state index contributed by atoms with van der Waals surface area (Å²) in [5.74, 6) is 0.576. The first-order chi connectivity index (χ1) is 8.15. The minimum Gasteiger partial charge on any atom is -0.338 e. The number of amides is 1. The van der Waals surface area contributed by atoms with Crippen LogP contribution in [0.5, 0.6) is 0 Å². The summed E-state index contributed by atoms with van der Waals surface area (Å²) < 4.78 is 0. The molecule has 1 amide bonds. The van der Waals surface area contributed by atoms with E-state index < -0.39 is 6.04 Å². The predicted octanol–water partition coefficient (Wildman–Crippen LogP) is 3.03. The quantitative estimate of drug-likeness (QED) is 0.794. The first kappa shape index (κ1) is 17.4. The molecule has 0 rings (SSSR count). The van der Waals surface area contributed by atoms with E-state index in [2.05, 4.69) is 27.7 Å². The minimum atomic E-state index is -0.420. The molecule has 0 radical (unpaired) electrons. The Morgan fingerprint density at radius 2 is 1.61 bits per heavy atom. The highest BCUT2D eigenvalue weighted by Crippen LogP contribution is 2.22. The molecule has 2 N–H and O–H groups in total. The number of nitrogens with two attached hydrogens (primary N) is 1. The zero-order valence-electron chi connectivity index (χ0n) is 13.3. The fourth-order valence-electron chi connectivity index (χ4n) is 2.09. The van der Waals surface area contributed by atoms with Crippen molar-refractivity contribution in [3.8, 4) is 0 Å². The van der Waals surface area contributed by atoms with Gasteiger partial charge in [-0.15, -0.1) is 0 Å². The van der Waals surface area contributed by atoms with Crippen molar-refractivity contribution >= 4 is 5.91 Å². The van der Waals surface area contributed by atoms with E-state index in [-0.39, 0.29) is 11.3 Å². The fourth-order valence-corrected chi connectivity index (χ4v) is 2.09. The van der Waals surface area contributed by atoms with Crippen molar-refractivity contribution in [3.63, 3.8) is 0 Å². The van der Waals surface area contributed by atoms with Crippen LogP contribution in [-0.4, -0.2) is 29.4 Å². The molecule has 0 saturated carbocycles. The summed E-state index contributed by atoms with van der Waals surface area (Å²) in [4.78, 5) is 14.6. The zero-order chi connectivity index (χ0) is 14.5. The van der Waals surface area contributed by atoms with Crippen LogP contribution >= 0.6 is 0 Å². The molecule has 0 saturated heterocycles. The van der Waals surface area contributed by atoms with Gasteiger partial charge in [0.1, 0.15) is 0 Å². The smallest absolute Gasteiger partial charge is 0.240 e. The van der Waals surface area contributed by atoms with Gasteiger partial charge in [-0.1, -0.05) is 48.5 Å². The summed E-state index contributed by atoms with van der Waals surface area (Å²) in [5, 5.41) is 0. The van der Waals surface area contributed by atoms with Crippen molar-refractivity contribution in [2.24, 2.45) is 17.1 Å². The van der Waals surface area contributed by atoms with Crippen LogP contribution in [0.25, 0.3) is 0 Å². The van der Waals surface area contributed by atoms with Crippen molar-refractivity contribution in [2.75, 3.05) is 6.54 Å². The van der Waals surface area contributed by atoms with Crippen LogP contribution in [0.3, 0.4) is 0 Å². The van der Waals surface area contributed by atoms with Gasteiger partial charge in [-0.3, -0.25) is 4.79 Å². The molecular weight excluding hydrogens is 224 g/mol. The molecule has 0 heterocycles. The molecule has 0 fully saturated rings. The van der Waals surface area contributed by atoms with Crippen LogP contribution in [-0.2, 0) is 4.79 Å². The average Bonchev–Trinajstić information content (AvgIpc) is 2.25. The molecule has 0 aliphatic rings. The van der Waals surface area contributed by atoms with Crippen LogP contribution in [0.4, 0.5) is 0 Å². The summed E-state index contributed by atoms with van der Waals surface area (Å²) in [6, 6.07) is -0.106. The van der Waals surface area contributed by atoms with Crippen LogP contribution in [0.15, 0.2) is 0 Å². The van der Waals surface area contributed by atoms with Gasteiger partial charge < -0.3 is 10.6 Å². The van der Waals surface area contributed by atoms with E-state index in [1.165, 1.54) is 0 Å². The van der Waals surface area contributed by atoms with E-state index in [0.29, 0.717) is 12.0 Å². The first-order valence-electron chi connectivity index (χ1n) is 7.21. The molecule has 1 atom stereocenters. The maximum atomic E-state index is 12.6. The molecule has 3 heteroatoms. The third-order valence-corrected chi connectivity index (χ3v) is 3.43. The molecule has 0 aliphatic heterocycles. The first-order valence-corrected chi connectivity index (χ1v) is 7.21. The molecule has 0 unspecified atom stereocenters. The second-order valence-electron chi connectivity index (χ2n) is 6.70. The lowest BCUT2D eigenvalue weighted by Gasteiger charge is -2.37. The molecule has 108 valence electrons. The Morgan fingerprint density at radius 1 is 1.17 bits per heavy atom. The third kappa shape index (κ3) is 4.97. The highest BCUT2D eigenvalue weighted by atomic mass is 16.2. The number of rotatable bonds is 6. The Hall–Kier alpha value is -0.570. The molecule has 0 aromatic rings. The molecule has 3 nitrogen and oxygen atoms in total. The van der Waals surface area contributed by atoms with Gasteiger partial charge in [0.05, 0.1) is 6.04 Å². The summed E-state index contributed by atoms with van der Waals surface area (Å²) in [5.41, 5.74) is 5.94. The number of nitrogens with zero attached hydrogens (tertiary/aromatic N) is 1. The lowest BCUT2D eigenvalue weighted by molar-refractivity contribution is -0.138. The molecule has 18 heavy (non-hydrogen) atoms. The van der Waals surface area contributed by atoms with Crippen LogP contribution < -0.4 is 5.73 Å². The van der Waals surface area contributed by atoms with Gasteiger partial charge in [-0.05, 0) is 24.2 Å². The number of hydrogen-bond acceptors (Lipinski definition) is 2. The van der Waals surface area contributed by atoms with Crippen molar-refractivity contribution < 1.29 is 4.79 Å². The van der Waals surface area contributed by atoms with E-state index in [1.807, 2.05) is 25.7 Å². The van der Waals surface area contributed by atoms with E-state index in [0.717, 1.165) is 19.4 Å². The molecule has 0 aromatic carbocycles. The van der Waals surface area contributed by atoms with Gasteiger partial charge in [0.25, 0.3) is 0 Å². The summed E-state index contributed by atoms with van der Waals surface area (Å²) in [6.07, 6.45) is 1.98. The molecular formula is C15H32N2O. The zero-order valence-corrected chi connectivity index (χ0v) is 13.3. The Balaban J connectivity index is 5.01. The van der Waals surface area contributed by atoms with Gasteiger partial charge in [0, 0.05) is 12.6 Å². The second-order valence-corrected chi connectivity index (χ2v) is 6.70. The van der Waals surface area contributed by atoms with E-state index in [1.54, 1.807) is 0 Å². The van der Waals surface area contributed by atoms with E-state index in [4.69, 9.17) is 5.73 Å². The highest BCUT2D eigenvalue weighted by molar-refractivity contribution is 5.82. The number of carbonyl (C=O) groups excluding carboxylic acids is 1. The van der Waals surface area contributed by atoms with Crippen LogP contribution in [0.2, 0.25) is 0 Å². The second kappa shape index (κ2) is 7.13. The van der Waals surface area contributed by atoms with Gasteiger partial charge >= 0.3 is 0 Å². The molecule has 0 aliphatic carbocycles. The number of carbonyl (C=O) groups is 1. The molecule has 0 bridgehead atoms. The summed E-state index contributed by atoms with van der Waals surface area (Å²) in [6.45, 7) is 15.4. The minimum absolute atomic E-state index is 0.102. The largest absolute Gasteiger partial charge is 0.338 e. The van der Waals surface area contributed by atoms with E-state index in [9.17, 15) is 4.79 Å². The monoisotopic (exact) mass is 256 g/mol. The standard InChI is InChI=1S/C15H32N2O/c1-8-12(9-2)17(10-11(3)4)14(18)13(16)15(5,6)7/h11-13H,8-10,16H2,1-7H3/t13-/m0/s1. The number of hydrogen-bond donors (Lipinski definition) is 1.